The van der Waals surface area contributed by atoms with Crippen molar-refractivity contribution in [2.24, 2.45) is 0 Å². The Morgan fingerprint density at radius 3 is 2.60 bits per heavy atom. The van der Waals surface area contributed by atoms with Crippen LogP contribution in [0.5, 0.6) is 5.75 Å². The summed E-state index contributed by atoms with van der Waals surface area (Å²) in [5.74, 6) is 0.0477. The molecule has 0 aliphatic carbocycles. The molecule has 0 amide bonds. The van der Waals surface area contributed by atoms with Crippen LogP contribution in [0.2, 0.25) is 0 Å². The van der Waals surface area contributed by atoms with Crippen molar-refractivity contribution in [2.75, 3.05) is 6.61 Å². The molecule has 1 aromatic carbocycles. The summed E-state index contributed by atoms with van der Waals surface area (Å²) in [5, 5.41) is 0. The van der Waals surface area contributed by atoms with Crippen LogP contribution in [0, 0.1) is 6.92 Å². The van der Waals surface area contributed by atoms with Gasteiger partial charge in [-0.3, -0.25) is 18.8 Å². The van der Waals surface area contributed by atoms with Gasteiger partial charge in [0.1, 0.15) is 18.0 Å². The molecule has 156 valence electrons. The number of aryl methyl sites for hydroxylation is 1. The number of carbonyl (C=O) groups excluding carboxylic acids is 2. The smallest absolute Gasteiger partial charge is 0.306 e. The fourth-order valence-corrected chi connectivity index (χ4v) is 2.93. The minimum Gasteiger partial charge on any atom is -0.494 e. The van der Waals surface area contributed by atoms with Gasteiger partial charge in [-0.25, -0.2) is 4.98 Å². The molecule has 0 bridgehead atoms. The lowest BCUT2D eigenvalue weighted by Crippen LogP contribution is -2.17. The number of nitrogens with zero attached hydrogens (tertiary/aromatic N) is 2. The van der Waals surface area contributed by atoms with E-state index in [1.165, 1.54) is 10.5 Å². The zero-order valence-corrected chi connectivity index (χ0v) is 17.1. The van der Waals surface area contributed by atoms with Crippen LogP contribution in [-0.4, -0.2) is 27.7 Å². The van der Waals surface area contributed by atoms with Gasteiger partial charge in [0.15, 0.2) is 5.78 Å². The SMILES string of the molecule is CCCOc1ccc(C(=O)CCC(=O)OCc2cc(=O)n3cccc(C)c3n2)cc1. The number of benzene rings is 1. The highest BCUT2D eigenvalue weighted by molar-refractivity contribution is 5.97. The van der Waals surface area contributed by atoms with Crippen LogP contribution in [0.3, 0.4) is 0 Å². The van der Waals surface area contributed by atoms with Gasteiger partial charge in [0.25, 0.3) is 5.56 Å². The molecule has 2 heterocycles. The molecule has 0 unspecified atom stereocenters. The van der Waals surface area contributed by atoms with E-state index in [1.807, 2.05) is 19.9 Å². The Balaban J connectivity index is 1.52. The molecule has 7 nitrogen and oxygen atoms in total. The summed E-state index contributed by atoms with van der Waals surface area (Å²) in [6.45, 7) is 4.38. The monoisotopic (exact) mass is 408 g/mol. The van der Waals surface area contributed by atoms with Gasteiger partial charge in [0, 0.05) is 24.2 Å². The van der Waals surface area contributed by atoms with Crippen LogP contribution in [0.4, 0.5) is 0 Å². The maximum Gasteiger partial charge on any atom is 0.306 e. The number of hydrogen-bond donors (Lipinski definition) is 0. The summed E-state index contributed by atoms with van der Waals surface area (Å²) < 4.78 is 12.1. The van der Waals surface area contributed by atoms with E-state index in [-0.39, 0.29) is 30.8 Å². The van der Waals surface area contributed by atoms with Crippen LogP contribution >= 0.6 is 0 Å². The molecule has 0 fully saturated rings. The Morgan fingerprint density at radius 1 is 1.10 bits per heavy atom. The van der Waals surface area contributed by atoms with Gasteiger partial charge in [-0.1, -0.05) is 13.0 Å². The highest BCUT2D eigenvalue weighted by atomic mass is 16.5. The maximum absolute atomic E-state index is 12.3. The van der Waals surface area contributed by atoms with Crippen LogP contribution in [0.15, 0.2) is 53.5 Å². The van der Waals surface area contributed by atoms with Crippen LogP contribution < -0.4 is 10.3 Å². The predicted octanol–water partition coefficient (Wildman–Crippen LogP) is 3.50. The Bertz CT molecular complexity index is 1100. The van der Waals surface area contributed by atoms with E-state index in [0.717, 1.165) is 12.0 Å². The third-order valence-corrected chi connectivity index (χ3v) is 4.53. The van der Waals surface area contributed by atoms with Crippen molar-refractivity contribution in [1.29, 1.82) is 0 Å². The summed E-state index contributed by atoms with van der Waals surface area (Å²) in [5.41, 5.74) is 2.02. The van der Waals surface area contributed by atoms with Crippen molar-refractivity contribution < 1.29 is 19.1 Å². The van der Waals surface area contributed by atoms with Crippen molar-refractivity contribution in [1.82, 2.24) is 9.38 Å². The molecule has 7 heteroatoms. The van der Waals surface area contributed by atoms with E-state index >= 15 is 0 Å². The summed E-state index contributed by atoms with van der Waals surface area (Å²) in [7, 11) is 0. The van der Waals surface area contributed by atoms with Crippen LogP contribution in [0.1, 0.15) is 47.8 Å². The van der Waals surface area contributed by atoms with E-state index in [4.69, 9.17) is 9.47 Å². The summed E-state index contributed by atoms with van der Waals surface area (Å²) >= 11 is 0. The average molecular weight is 408 g/mol. The molecular weight excluding hydrogens is 384 g/mol. The number of carbonyl (C=O) groups is 2. The number of hydrogen-bond acceptors (Lipinski definition) is 6. The van der Waals surface area contributed by atoms with Gasteiger partial charge in [-0.2, -0.15) is 0 Å². The molecule has 0 radical (unpaired) electrons. The molecule has 0 saturated heterocycles. The third kappa shape index (κ3) is 5.31. The van der Waals surface area contributed by atoms with E-state index in [9.17, 15) is 14.4 Å². The van der Waals surface area contributed by atoms with Gasteiger partial charge < -0.3 is 9.47 Å². The molecule has 3 aromatic rings. The van der Waals surface area contributed by atoms with E-state index in [1.54, 1.807) is 36.5 Å². The van der Waals surface area contributed by atoms with Crippen molar-refractivity contribution >= 4 is 17.4 Å². The number of rotatable bonds is 9. The normalized spacial score (nSPS) is 10.7. The third-order valence-electron chi connectivity index (χ3n) is 4.53. The van der Waals surface area contributed by atoms with Crippen molar-refractivity contribution in [3.63, 3.8) is 0 Å². The first-order chi connectivity index (χ1) is 14.5. The molecule has 0 saturated carbocycles. The zero-order valence-electron chi connectivity index (χ0n) is 17.1. The van der Waals surface area contributed by atoms with E-state index in [2.05, 4.69) is 4.98 Å². The summed E-state index contributed by atoms with van der Waals surface area (Å²) in [4.78, 5) is 40.9. The van der Waals surface area contributed by atoms with Crippen molar-refractivity contribution in [2.45, 2.75) is 39.7 Å². The molecule has 0 atom stereocenters. The quantitative estimate of drug-likeness (QED) is 0.398. The lowest BCUT2D eigenvalue weighted by atomic mass is 10.1. The number of ketones is 1. The fraction of sp³-hybridized carbons (Fsp3) is 0.304. The minimum atomic E-state index is -0.516. The van der Waals surface area contributed by atoms with Gasteiger partial charge in [0.2, 0.25) is 0 Å². The predicted molar refractivity (Wildman–Crippen MR) is 112 cm³/mol. The van der Waals surface area contributed by atoms with Crippen LogP contribution in [0.25, 0.3) is 5.65 Å². The molecule has 0 spiro atoms. The van der Waals surface area contributed by atoms with Gasteiger partial charge in [0.05, 0.1) is 18.7 Å². The first kappa shape index (κ1) is 21.2. The number of esters is 1. The second-order valence-electron chi connectivity index (χ2n) is 6.93. The molecular formula is C23H24N2O5. The maximum atomic E-state index is 12.3. The largest absolute Gasteiger partial charge is 0.494 e. The second-order valence-corrected chi connectivity index (χ2v) is 6.93. The highest BCUT2D eigenvalue weighted by Gasteiger charge is 2.12. The first-order valence-electron chi connectivity index (χ1n) is 9.87. The van der Waals surface area contributed by atoms with Crippen molar-refractivity contribution in [3.8, 4) is 5.75 Å². The lowest BCUT2D eigenvalue weighted by molar-refractivity contribution is -0.145. The molecule has 30 heavy (non-hydrogen) atoms. The summed E-state index contributed by atoms with van der Waals surface area (Å²) in [6, 6.07) is 11.8. The summed E-state index contributed by atoms with van der Waals surface area (Å²) in [6.07, 6.45) is 2.55. The van der Waals surface area contributed by atoms with Crippen molar-refractivity contribution in [3.05, 3.63) is 75.8 Å². The van der Waals surface area contributed by atoms with Gasteiger partial charge in [-0.05, 0) is 49.2 Å². The van der Waals surface area contributed by atoms with E-state index in [0.29, 0.717) is 29.3 Å². The first-order valence-corrected chi connectivity index (χ1v) is 9.87. The molecule has 3 rings (SSSR count). The number of pyridine rings is 1. The minimum absolute atomic E-state index is 0.0426. The molecule has 0 aliphatic rings. The van der Waals surface area contributed by atoms with Gasteiger partial charge >= 0.3 is 5.97 Å². The number of Topliss-reactive ketones (excluding diaryl/α,β-unsaturated/α-hetero) is 1. The molecule has 2 aromatic heterocycles. The standard InChI is InChI=1S/C23H24N2O5/c1-3-13-29-19-8-6-17(7-9-19)20(26)10-11-22(28)30-15-18-14-21(27)25-12-4-5-16(2)23(25)24-18/h4-9,12,14H,3,10-11,13,15H2,1-2H3. The Kier molecular flexibility index (Phi) is 6.95. The lowest BCUT2D eigenvalue weighted by Gasteiger charge is -2.08. The number of ether oxygens (including phenoxy) is 2. The number of aromatic nitrogens is 2. The molecule has 0 aliphatic heterocycles. The Labute approximate surface area is 174 Å². The van der Waals surface area contributed by atoms with Crippen LogP contribution in [-0.2, 0) is 16.1 Å². The Hall–Kier alpha value is -3.48. The highest BCUT2D eigenvalue weighted by Crippen LogP contribution is 2.15. The topological polar surface area (TPSA) is 87.0 Å². The molecule has 0 N–H and O–H groups in total. The zero-order chi connectivity index (χ0) is 21.5. The number of fused-ring (bicyclic) bond motifs is 1. The Morgan fingerprint density at radius 2 is 1.87 bits per heavy atom. The average Bonchev–Trinajstić information content (AvgIpc) is 2.75. The van der Waals surface area contributed by atoms with E-state index < -0.39 is 5.97 Å². The fourth-order valence-electron chi connectivity index (χ4n) is 2.93. The second kappa shape index (κ2) is 9.82. The van der Waals surface area contributed by atoms with Gasteiger partial charge in [-0.15, -0.1) is 0 Å².